The van der Waals surface area contributed by atoms with Gasteiger partial charge in [0.15, 0.2) is 0 Å². The number of nitrogens with two attached hydrogens (primary N) is 1. The summed E-state index contributed by atoms with van der Waals surface area (Å²) in [4.78, 5) is 11.8. The second-order valence-corrected chi connectivity index (χ2v) is 5.97. The zero-order valence-corrected chi connectivity index (χ0v) is 12.3. The quantitative estimate of drug-likeness (QED) is 0.793. The fourth-order valence-electron chi connectivity index (χ4n) is 1.92. The number of rotatable bonds is 7. The number of hydrogen-bond acceptors (Lipinski definition) is 2. The minimum atomic E-state index is 0.0776. The minimum absolute atomic E-state index is 0.0776. The van der Waals surface area contributed by atoms with Crippen LogP contribution >= 0.6 is 0 Å². The number of amides is 1. The van der Waals surface area contributed by atoms with E-state index in [4.69, 9.17) is 5.73 Å². The number of benzene rings is 1. The molecule has 19 heavy (non-hydrogen) atoms. The summed E-state index contributed by atoms with van der Waals surface area (Å²) in [7, 11) is 0. The van der Waals surface area contributed by atoms with Gasteiger partial charge in [-0.3, -0.25) is 4.79 Å². The van der Waals surface area contributed by atoms with Crippen molar-refractivity contribution in [1.29, 1.82) is 0 Å². The topological polar surface area (TPSA) is 55.1 Å². The van der Waals surface area contributed by atoms with Crippen molar-refractivity contribution in [2.45, 2.75) is 40.0 Å². The third kappa shape index (κ3) is 6.39. The van der Waals surface area contributed by atoms with Gasteiger partial charge in [-0.2, -0.15) is 0 Å². The van der Waals surface area contributed by atoms with Crippen LogP contribution in [0.1, 0.15) is 37.8 Å². The number of hydrogen-bond donors (Lipinski definition) is 2. The largest absolute Gasteiger partial charge is 0.356 e. The third-order valence-corrected chi connectivity index (χ3v) is 3.35. The zero-order chi connectivity index (χ0) is 14.3. The Hall–Kier alpha value is -1.35. The predicted octanol–water partition coefficient (Wildman–Crippen LogP) is 2.42. The first-order valence-electron chi connectivity index (χ1n) is 6.95. The Bertz CT molecular complexity index is 396. The molecule has 0 saturated heterocycles. The SMILES string of the molecule is Cc1ccc(CCC(=O)NCC(C)(C)CCN)cc1. The lowest BCUT2D eigenvalue weighted by atomic mass is 9.89. The van der Waals surface area contributed by atoms with E-state index in [0.717, 1.165) is 12.8 Å². The summed E-state index contributed by atoms with van der Waals surface area (Å²) in [6.45, 7) is 7.67. The summed E-state index contributed by atoms with van der Waals surface area (Å²) in [5, 5.41) is 2.99. The van der Waals surface area contributed by atoms with Crippen LogP contribution < -0.4 is 11.1 Å². The first-order chi connectivity index (χ1) is 8.93. The van der Waals surface area contributed by atoms with Crippen LogP contribution in [-0.2, 0) is 11.2 Å². The van der Waals surface area contributed by atoms with Crippen LogP contribution in [0.25, 0.3) is 0 Å². The Kier molecular flexibility index (Phi) is 6.03. The molecule has 1 aromatic rings. The molecule has 0 saturated carbocycles. The fraction of sp³-hybridized carbons (Fsp3) is 0.562. The number of nitrogens with one attached hydrogen (secondary N) is 1. The van der Waals surface area contributed by atoms with Crippen LogP contribution in [-0.4, -0.2) is 19.0 Å². The maximum atomic E-state index is 11.8. The Morgan fingerprint density at radius 2 is 1.89 bits per heavy atom. The number of carbonyl (C=O) groups excluding carboxylic acids is 1. The molecule has 0 aliphatic heterocycles. The number of carbonyl (C=O) groups is 1. The molecule has 3 nitrogen and oxygen atoms in total. The van der Waals surface area contributed by atoms with Crippen LogP contribution in [0, 0.1) is 12.3 Å². The second kappa shape index (κ2) is 7.29. The van der Waals surface area contributed by atoms with E-state index < -0.39 is 0 Å². The first kappa shape index (κ1) is 15.7. The Morgan fingerprint density at radius 3 is 2.47 bits per heavy atom. The van der Waals surface area contributed by atoms with Gasteiger partial charge in [0.05, 0.1) is 0 Å². The van der Waals surface area contributed by atoms with Gasteiger partial charge in [-0.1, -0.05) is 43.7 Å². The minimum Gasteiger partial charge on any atom is -0.356 e. The monoisotopic (exact) mass is 262 g/mol. The van der Waals surface area contributed by atoms with Crippen LogP contribution in [0.2, 0.25) is 0 Å². The molecular formula is C16H26N2O. The van der Waals surface area contributed by atoms with Crippen molar-refractivity contribution in [3.05, 3.63) is 35.4 Å². The Balaban J connectivity index is 2.30. The molecule has 0 aliphatic rings. The molecule has 0 radical (unpaired) electrons. The van der Waals surface area contributed by atoms with Crippen molar-refractivity contribution in [3.63, 3.8) is 0 Å². The van der Waals surface area contributed by atoms with E-state index in [9.17, 15) is 4.79 Å². The van der Waals surface area contributed by atoms with Crippen LogP contribution in [0.3, 0.4) is 0 Å². The van der Waals surface area contributed by atoms with E-state index in [1.165, 1.54) is 11.1 Å². The van der Waals surface area contributed by atoms with Gasteiger partial charge < -0.3 is 11.1 Å². The Morgan fingerprint density at radius 1 is 1.26 bits per heavy atom. The summed E-state index contributed by atoms with van der Waals surface area (Å²) in [5.74, 6) is 0.116. The highest BCUT2D eigenvalue weighted by molar-refractivity contribution is 5.76. The van der Waals surface area contributed by atoms with Crippen molar-refractivity contribution in [2.75, 3.05) is 13.1 Å². The molecule has 0 atom stereocenters. The average Bonchev–Trinajstić information content (AvgIpc) is 2.36. The van der Waals surface area contributed by atoms with Crippen molar-refractivity contribution in [2.24, 2.45) is 11.1 Å². The predicted molar refractivity (Wildman–Crippen MR) is 80.0 cm³/mol. The van der Waals surface area contributed by atoms with Crippen molar-refractivity contribution >= 4 is 5.91 Å². The van der Waals surface area contributed by atoms with E-state index >= 15 is 0 Å². The van der Waals surface area contributed by atoms with E-state index in [-0.39, 0.29) is 11.3 Å². The van der Waals surface area contributed by atoms with Crippen molar-refractivity contribution in [1.82, 2.24) is 5.32 Å². The average molecular weight is 262 g/mol. The van der Waals surface area contributed by atoms with Gasteiger partial charge in [0, 0.05) is 13.0 Å². The molecule has 106 valence electrons. The van der Waals surface area contributed by atoms with Gasteiger partial charge in [0.1, 0.15) is 0 Å². The summed E-state index contributed by atoms with van der Waals surface area (Å²) in [6, 6.07) is 8.33. The molecular weight excluding hydrogens is 236 g/mol. The van der Waals surface area contributed by atoms with Gasteiger partial charge in [-0.05, 0) is 37.3 Å². The van der Waals surface area contributed by atoms with Crippen LogP contribution in [0.5, 0.6) is 0 Å². The molecule has 0 spiro atoms. The van der Waals surface area contributed by atoms with Crippen molar-refractivity contribution < 1.29 is 4.79 Å². The molecule has 3 N–H and O–H groups in total. The maximum absolute atomic E-state index is 11.8. The molecule has 0 aliphatic carbocycles. The lowest BCUT2D eigenvalue weighted by molar-refractivity contribution is -0.121. The highest BCUT2D eigenvalue weighted by Crippen LogP contribution is 2.17. The normalized spacial score (nSPS) is 11.4. The maximum Gasteiger partial charge on any atom is 0.220 e. The molecule has 0 bridgehead atoms. The first-order valence-corrected chi connectivity index (χ1v) is 6.95. The third-order valence-electron chi connectivity index (χ3n) is 3.35. The van der Waals surface area contributed by atoms with E-state index in [1.807, 2.05) is 0 Å². The zero-order valence-electron chi connectivity index (χ0n) is 12.3. The molecule has 1 rings (SSSR count). The number of aryl methyl sites for hydroxylation is 2. The summed E-state index contributed by atoms with van der Waals surface area (Å²) < 4.78 is 0. The van der Waals surface area contributed by atoms with Crippen molar-refractivity contribution in [3.8, 4) is 0 Å². The lowest BCUT2D eigenvalue weighted by Crippen LogP contribution is -2.35. The van der Waals surface area contributed by atoms with Gasteiger partial charge in [-0.25, -0.2) is 0 Å². The van der Waals surface area contributed by atoms with E-state index in [0.29, 0.717) is 19.5 Å². The molecule has 3 heteroatoms. The summed E-state index contributed by atoms with van der Waals surface area (Å²) in [6.07, 6.45) is 2.26. The van der Waals surface area contributed by atoms with Gasteiger partial charge >= 0.3 is 0 Å². The van der Waals surface area contributed by atoms with Gasteiger partial charge in [0.25, 0.3) is 0 Å². The standard InChI is InChI=1S/C16H26N2O/c1-13-4-6-14(7-5-13)8-9-15(19)18-12-16(2,3)10-11-17/h4-7H,8-12,17H2,1-3H3,(H,18,19). The molecule has 1 amide bonds. The smallest absolute Gasteiger partial charge is 0.220 e. The lowest BCUT2D eigenvalue weighted by Gasteiger charge is -2.24. The molecule has 0 fully saturated rings. The van der Waals surface area contributed by atoms with Gasteiger partial charge in [0.2, 0.25) is 5.91 Å². The Labute approximate surface area is 116 Å². The van der Waals surface area contributed by atoms with Gasteiger partial charge in [-0.15, -0.1) is 0 Å². The fourth-order valence-corrected chi connectivity index (χ4v) is 1.92. The highest BCUT2D eigenvalue weighted by atomic mass is 16.1. The van der Waals surface area contributed by atoms with E-state index in [1.54, 1.807) is 0 Å². The molecule has 1 aromatic carbocycles. The summed E-state index contributed by atoms with van der Waals surface area (Å²) >= 11 is 0. The molecule has 0 unspecified atom stereocenters. The van der Waals surface area contributed by atoms with Crippen LogP contribution in [0.4, 0.5) is 0 Å². The highest BCUT2D eigenvalue weighted by Gasteiger charge is 2.17. The van der Waals surface area contributed by atoms with E-state index in [2.05, 4.69) is 50.4 Å². The second-order valence-electron chi connectivity index (χ2n) is 5.97. The molecule has 0 heterocycles. The van der Waals surface area contributed by atoms with Crippen LogP contribution in [0.15, 0.2) is 24.3 Å². The molecule has 0 aromatic heterocycles. The summed E-state index contributed by atoms with van der Waals surface area (Å²) in [5.41, 5.74) is 8.09.